The number of hydrogen-bond acceptors (Lipinski definition) is 3. The van der Waals surface area contributed by atoms with Crippen molar-refractivity contribution in [3.05, 3.63) is 0 Å². The van der Waals surface area contributed by atoms with E-state index in [1.807, 2.05) is 11.8 Å². The van der Waals surface area contributed by atoms with Gasteiger partial charge in [0.15, 0.2) is 0 Å². The maximum atomic E-state index is 10.4. The zero-order valence-corrected chi connectivity index (χ0v) is 8.49. The number of rotatable bonds is 2. The van der Waals surface area contributed by atoms with Crippen molar-refractivity contribution in [3.63, 3.8) is 0 Å². The second kappa shape index (κ2) is 3.95. The molecule has 0 saturated carbocycles. The molecule has 0 aromatic heterocycles. The molecule has 2 N–H and O–H groups in total. The van der Waals surface area contributed by atoms with Crippen LogP contribution in [0.4, 0.5) is 0 Å². The van der Waals surface area contributed by atoms with Crippen molar-refractivity contribution in [1.29, 1.82) is 0 Å². The van der Waals surface area contributed by atoms with Crippen LogP contribution in [0.5, 0.6) is 0 Å². The minimum Gasteiger partial charge on any atom is -0.273 e. The summed E-state index contributed by atoms with van der Waals surface area (Å²) in [5.74, 6) is 0.953. The van der Waals surface area contributed by atoms with E-state index in [4.69, 9.17) is 4.55 Å². The quantitative estimate of drug-likeness (QED) is 0.659. The molecule has 4 nitrogen and oxygen atoms in total. The first-order valence-electron chi connectivity index (χ1n) is 3.84. The average Bonchev–Trinajstić information content (AvgIpc) is 1.82. The van der Waals surface area contributed by atoms with Gasteiger partial charge in [0, 0.05) is 11.3 Å². The van der Waals surface area contributed by atoms with E-state index in [9.17, 15) is 8.42 Å². The maximum Gasteiger partial charge on any atom is 0.333 e. The Bertz CT molecular complexity index is 239. The third-order valence-electron chi connectivity index (χ3n) is 1.80. The van der Waals surface area contributed by atoms with Gasteiger partial charge in [0.25, 0.3) is 0 Å². The monoisotopic (exact) mass is 211 g/mol. The van der Waals surface area contributed by atoms with Crippen molar-refractivity contribution in [1.82, 2.24) is 4.72 Å². The first kappa shape index (κ1) is 10.3. The van der Waals surface area contributed by atoms with E-state index in [1.165, 1.54) is 0 Å². The van der Waals surface area contributed by atoms with Crippen LogP contribution in [0.1, 0.15) is 19.8 Å². The molecule has 0 unspecified atom stereocenters. The van der Waals surface area contributed by atoms with E-state index in [-0.39, 0.29) is 6.04 Å². The molecule has 1 fully saturated rings. The lowest BCUT2D eigenvalue weighted by molar-refractivity contribution is 0.437. The van der Waals surface area contributed by atoms with Gasteiger partial charge >= 0.3 is 10.3 Å². The lowest BCUT2D eigenvalue weighted by Crippen LogP contribution is -2.38. The Balaban J connectivity index is 2.43. The van der Waals surface area contributed by atoms with Crippen molar-refractivity contribution in [2.24, 2.45) is 0 Å². The van der Waals surface area contributed by atoms with Gasteiger partial charge in [-0.05, 0) is 18.6 Å². The van der Waals surface area contributed by atoms with Crippen LogP contribution in [-0.4, -0.2) is 30.0 Å². The van der Waals surface area contributed by atoms with Gasteiger partial charge in [0.1, 0.15) is 0 Å². The van der Waals surface area contributed by atoms with Crippen LogP contribution in [0, 0.1) is 0 Å². The van der Waals surface area contributed by atoms with Gasteiger partial charge in [-0.1, -0.05) is 6.92 Å². The first-order chi connectivity index (χ1) is 5.47. The molecular weight excluding hydrogens is 198 g/mol. The average molecular weight is 211 g/mol. The lowest BCUT2D eigenvalue weighted by Gasteiger charge is -2.25. The van der Waals surface area contributed by atoms with Gasteiger partial charge in [-0.25, -0.2) is 0 Å². The maximum absolute atomic E-state index is 10.4. The number of thioether (sulfide) groups is 1. The molecule has 1 saturated heterocycles. The highest BCUT2D eigenvalue weighted by atomic mass is 32.2. The van der Waals surface area contributed by atoms with Crippen LogP contribution in [0.2, 0.25) is 0 Å². The molecule has 0 aromatic carbocycles. The van der Waals surface area contributed by atoms with E-state index in [0.29, 0.717) is 5.25 Å². The molecule has 1 aliphatic heterocycles. The first-order valence-corrected chi connectivity index (χ1v) is 6.32. The van der Waals surface area contributed by atoms with E-state index < -0.39 is 10.3 Å². The summed E-state index contributed by atoms with van der Waals surface area (Å²) in [6, 6.07) is -0.0868. The third-order valence-corrected chi connectivity index (χ3v) is 3.66. The Morgan fingerprint density at radius 2 is 2.25 bits per heavy atom. The lowest BCUT2D eigenvalue weighted by atomic mass is 10.1. The van der Waals surface area contributed by atoms with Crippen molar-refractivity contribution in [2.75, 3.05) is 5.75 Å². The molecule has 0 aromatic rings. The van der Waals surface area contributed by atoms with Gasteiger partial charge in [-0.3, -0.25) is 4.55 Å². The summed E-state index contributed by atoms with van der Waals surface area (Å²) in [5, 5.41) is 0.470. The zero-order chi connectivity index (χ0) is 9.19. The standard InChI is InChI=1S/C6H13NO3S2/c1-5-4-6(2-3-11-5)7-12(8,9)10/h5-7H,2-4H2,1H3,(H,8,9,10)/t5-,6+/m0/s1. The highest BCUT2D eigenvalue weighted by Gasteiger charge is 2.22. The van der Waals surface area contributed by atoms with Crippen LogP contribution in [0.25, 0.3) is 0 Å². The molecule has 6 heteroatoms. The molecular formula is C6H13NO3S2. The Kier molecular flexibility index (Phi) is 3.39. The minimum absolute atomic E-state index is 0.0868. The second-order valence-corrected chi connectivity index (χ2v) is 5.73. The highest BCUT2D eigenvalue weighted by molar-refractivity contribution is 7.99. The molecule has 1 heterocycles. The smallest absolute Gasteiger partial charge is 0.273 e. The van der Waals surface area contributed by atoms with Crippen LogP contribution in [-0.2, 0) is 10.3 Å². The van der Waals surface area contributed by atoms with Gasteiger partial charge in [0.2, 0.25) is 0 Å². The van der Waals surface area contributed by atoms with Crippen LogP contribution >= 0.6 is 11.8 Å². The SMILES string of the molecule is C[C@H]1C[C@H](NS(=O)(=O)O)CCS1. The Morgan fingerprint density at radius 3 is 2.75 bits per heavy atom. The molecule has 0 amide bonds. The zero-order valence-electron chi connectivity index (χ0n) is 6.86. The number of hydrogen-bond donors (Lipinski definition) is 2. The predicted octanol–water partition coefficient (Wildman–Crippen LogP) is 0.663. The number of nitrogens with one attached hydrogen (secondary N) is 1. The van der Waals surface area contributed by atoms with Crippen molar-refractivity contribution in [2.45, 2.75) is 31.1 Å². The molecule has 1 aliphatic rings. The van der Waals surface area contributed by atoms with Crippen molar-refractivity contribution < 1.29 is 13.0 Å². The Hall–Kier alpha value is 0.220. The topological polar surface area (TPSA) is 66.4 Å². The Morgan fingerprint density at radius 1 is 1.58 bits per heavy atom. The molecule has 0 aliphatic carbocycles. The van der Waals surface area contributed by atoms with E-state index in [1.54, 1.807) is 0 Å². The summed E-state index contributed by atoms with van der Waals surface area (Å²) in [5.41, 5.74) is 0. The normalized spacial score (nSPS) is 31.8. The van der Waals surface area contributed by atoms with Crippen molar-refractivity contribution >= 4 is 22.1 Å². The van der Waals surface area contributed by atoms with Crippen molar-refractivity contribution in [3.8, 4) is 0 Å². The van der Waals surface area contributed by atoms with Gasteiger partial charge < -0.3 is 0 Å². The minimum atomic E-state index is -4.01. The van der Waals surface area contributed by atoms with Crippen LogP contribution in [0.3, 0.4) is 0 Å². The second-order valence-electron chi connectivity index (χ2n) is 3.00. The summed E-state index contributed by atoms with van der Waals surface area (Å²) in [6.07, 6.45) is 1.60. The molecule has 2 atom stereocenters. The van der Waals surface area contributed by atoms with Gasteiger partial charge in [0.05, 0.1) is 0 Å². The van der Waals surface area contributed by atoms with E-state index in [0.717, 1.165) is 18.6 Å². The fourth-order valence-corrected chi connectivity index (χ4v) is 3.14. The summed E-state index contributed by atoms with van der Waals surface area (Å²) in [6.45, 7) is 2.06. The Labute approximate surface area is 77.0 Å². The summed E-state index contributed by atoms with van der Waals surface area (Å²) >= 11 is 1.83. The summed E-state index contributed by atoms with van der Waals surface area (Å²) in [4.78, 5) is 0. The fraction of sp³-hybridized carbons (Fsp3) is 1.00. The molecule has 12 heavy (non-hydrogen) atoms. The highest BCUT2D eigenvalue weighted by Crippen LogP contribution is 2.24. The molecule has 1 rings (SSSR count). The van der Waals surface area contributed by atoms with Gasteiger partial charge in [-0.2, -0.15) is 24.9 Å². The van der Waals surface area contributed by atoms with E-state index >= 15 is 0 Å². The van der Waals surface area contributed by atoms with Crippen LogP contribution in [0.15, 0.2) is 0 Å². The molecule has 72 valence electrons. The third kappa shape index (κ3) is 3.75. The largest absolute Gasteiger partial charge is 0.333 e. The summed E-state index contributed by atoms with van der Waals surface area (Å²) in [7, 11) is -4.01. The fourth-order valence-electron chi connectivity index (χ4n) is 1.32. The molecule has 0 spiro atoms. The predicted molar refractivity (Wildman–Crippen MR) is 49.6 cm³/mol. The van der Waals surface area contributed by atoms with Crippen LogP contribution < -0.4 is 4.72 Å². The van der Waals surface area contributed by atoms with Gasteiger partial charge in [-0.15, -0.1) is 0 Å². The summed E-state index contributed by atoms with van der Waals surface area (Å²) < 4.78 is 31.6. The van der Waals surface area contributed by atoms with E-state index in [2.05, 4.69) is 11.6 Å². The molecule has 0 radical (unpaired) electrons. The molecule has 0 bridgehead atoms.